The number of benzene rings is 1. The van der Waals surface area contributed by atoms with Gasteiger partial charge in [-0.3, -0.25) is 0 Å². The lowest BCUT2D eigenvalue weighted by atomic mass is 10.2. The molecule has 0 aromatic heterocycles. The van der Waals surface area contributed by atoms with Crippen LogP contribution in [0.5, 0.6) is 5.75 Å². The van der Waals surface area contributed by atoms with Gasteiger partial charge in [0.2, 0.25) is 0 Å². The van der Waals surface area contributed by atoms with Crippen molar-refractivity contribution in [1.29, 1.82) is 0 Å². The van der Waals surface area contributed by atoms with Crippen molar-refractivity contribution in [2.24, 2.45) is 0 Å². The zero-order valence-electron chi connectivity index (χ0n) is 7.00. The van der Waals surface area contributed by atoms with Crippen LogP contribution in [-0.4, -0.2) is 0 Å². The van der Waals surface area contributed by atoms with Gasteiger partial charge >= 0.3 is 0 Å². The lowest BCUT2D eigenvalue weighted by Gasteiger charge is -2.02. The van der Waals surface area contributed by atoms with E-state index in [9.17, 15) is 0 Å². The molecule has 0 spiro atoms. The average Bonchev–Trinajstić information content (AvgIpc) is 2.06. The predicted molar refractivity (Wildman–Crippen MR) is 46.4 cm³/mol. The Morgan fingerprint density at radius 2 is 2.27 bits per heavy atom. The number of hydrogen-bond acceptors (Lipinski definition) is 1. The highest BCUT2D eigenvalue weighted by molar-refractivity contribution is 5.28. The fraction of sp³-hybridized carbons (Fsp3) is 0.300. The summed E-state index contributed by atoms with van der Waals surface area (Å²) in [6, 6.07) is 8.12. The van der Waals surface area contributed by atoms with Crippen molar-refractivity contribution in [1.82, 2.24) is 0 Å². The summed E-state index contributed by atoms with van der Waals surface area (Å²) in [6.07, 6.45) is 1.06. The molecule has 0 saturated carbocycles. The van der Waals surface area contributed by atoms with Crippen LogP contribution >= 0.6 is 0 Å². The van der Waals surface area contributed by atoms with Crippen molar-refractivity contribution in [3.8, 4) is 5.75 Å². The Kier molecular flexibility index (Phi) is 2.96. The summed E-state index contributed by atoms with van der Waals surface area (Å²) in [5.41, 5.74) is 1.31. The molecule has 0 bridgehead atoms. The molecule has 0 aliphatic carbocycles. The first-order valence-corrected chi connectivity index (χ1v) is 3.90. The van der Waals surface area contributed by atoms with Gasteiger partial charge in [0.05, 0.1) is 0 Å². The first-order chi connectivity index (χ1) is 5.36. The first-order valence-electron chi connectivity index (χ1n) is 3.90. The zero-order valence-corrected chi connectivity index (χ0v) is 7.00. The van der Waals surface area contributed by atoms with E-state index in [-0.39, 0.29) is 0 Å². The molecule has 0 fully saturated rings. The average molecular weight is 149 g/mol. The molecule has 1 rings (SSSR count). The molecule has 0 aliphatic rings. The molecule has 59 valence electrons. The van der Waals surface area contributed by atoms with Crippen LogP contribution < -0.4 is 4.74 Å². The largest absolute Gasteiger partial charge is 0.487 e. The lowest BCUT2D eigenvalue weighted by molar-refractivity contribution is 0.416. The first kappa shape index (κ1) is 8.12. The second-order valence-corrected chi connectivity index (χ2v) is 2.35. The van der Waals surface area contributed by atoms with Crippen LogP contribution in [-0.2, 0) is 6.42 Å². The molecule has 0 heterocycles. The van der Waals surface area contributed by atoms with Gasteiger partial charge in [0.15, 0.2) is 0 Å². The van der Waals surface area contributed by atoms with Gasteiger partial charge in [-0.15, -0.1) is 0 Å². The molecule has 0 atom stereocenters. The number of rotatable bonds is 3. The van der Waals surface area contributed by atoms with Crippen LogP contribution in [0.1, 0.15) is 19.4 Å². The molecule has 1 radical (unpaired) electrons. The second kappa shape index (κ2) is 4.02. The number of hydrogen-bond donors (Lipinski definition) is 0. The van der Waals surface area contributed by atoms with Crippen LogP contribution in [0.2, 0.25) is 0 Å². The van der Waals surface area contributed by atoms with Crippen LogP contribution in [0.25, 0.3) is 0 Å². The van der Waals surface area contributed by atoms with E-state index in [0.717, 1.165) is 12.2 Å². The Morgan fingerprint density at radius 3 is 2.91 bits per heavy atom. The summed E-state index contributed by atoms with van der Waals surface area (Å²) >= 11 is 0. The standard InChI is InChI=1S/C10H13O/c1-3-9-6-5-7-10(8-9)11-4-2/h4-8H,3H2,1-2H3. The van der Waals surface area contributed by atoms with Gasteiger partial charge in [-0.2, -0.15) is 0 Å². The summed E-state index contributed by atoms with van der Waals surface area (Å²) in [7, 11) is 0. The third-order valence-electron chi connectivity index (χ3n) is 1.56. The van der Waals surface area contributed by atoms with E-state index in [0.29, 0.717) is 0 Å². The molecule has 1 nitrogen and oxygen atoms in total. The normalized spacial score (nSPS) is 9.64. The molecular formula is C10H13O. The van der Waals surface area contributed by atoms with Crippen molar-refractivity contribution in [2.45, 2.75) is 20.3 Å². The summed E-state index contributed by atoms with van der Waals surface area (Å²) in [5, 5.41) is 0. The minimum atomic E-state index is 0.923. The van der Waals surface area contributed by atoms with Gasteiger partial charge in [0, 0.05) is 0 Å². The predicted octanol–water partition coefficient (Wildman–Crippen LogP) is 2.81. The molecular weight excluding hydrogens is 136 g/mol. The second-order valence-electron chi connectivity index (χ2n) is 2.35. The van der Waals surface area contributed by atoms with E-state index in [1.54, 1.807) is 6.61 Å². The Bertz CT molecular complexity index is 218. The van der Waals surface area contributed by atoms with E-state index >= 15 is 0 Å². The van der Waals surface area contributed by atoms with Gasteiger partial charge in [-0.25, -0.2) is 0 Å². The smallest absolute Gasteiger partial charge is 0.132 e. The van der Waals surface area contributed by atoms with Gasteiger partial charge in [-0.1, -0.05) is 19.1 Å². The van der Waals surface area contributed by atoms with Crippen molar-refractivity contribution < 1.29 is 4.74 Å². The fourth-order valence-corrected chi connectivity index (χ4v) is 0.975. The summed E-state index contributed by atoms with van der Waals surface area (Å²) < 4.78 is 5.22. The van der Waals surface area contributed by atoms with E-state index in [4.69, 9.17) is 4.74 Å². The van der Waals surface area contributed by atoms with Crippen molar-refractivity contribution in [3.05, 3.63) is 36.4 Å². The van der Waals surface area contributed by atoms with E-state index in [1.807, 2.05) is 19.1 Å². The van der Waals surface area contributed by atoms with Gasteiger partial charge < -0.3 is 4.74 Å². The SMILES string of the molecule is C[CH]Oc1cccc(CC)c1. The molecule has 0 aliphatic heterocycles. The van der Waals surface area contributed by atoms with Crippen LogP contribution in [0.4, 0.5) is 0 Å². The quantitative estimate of drug-likeness (QED) is 0.642. The minimum absolute atomic E-state index is 0.923. The maximum atomic E-state index is 5.22. The molecule has 0 unspecified atom stereocenters. The molecule has 0 saturated heterocycles. The Hall–Kier alpha value is -0.980. The van der Waals surface area contributed by atoms with Crippen molar-refractivity contribution >= 4 is 0 Å². The third kappa shape index (κ3) is 2.26. The number of aryl methyl sites for hydroxylation is 1. The van der Waals surface area contributed by atoms with E-state index in [1.165, 1.54) is 5.56 Å². The third-order valence-corrected chi connectivity index (χ3v) is 1.56. The van der Waals surface area contributed by atoms with Crippen LogP contribution in [0, 0.1) is 6.61 Å². The fourth-order valence-electron chi connectivity index (χ4n) is 0.975. The Morgan fingerprint density at radius 1 is 1.45 bits per heavy atom. The van der Waals surface area contributed by atoms with Gasteiger partial charge in [0.25, 0.3) is 0 Å². The molecule has 0 N–H and O–H groups in total. The highest BCUT2D eigenvalue weighted by Gasteiger charge is 1.92. The van der Waals surface area contributed by atoms with Gasteiger partial charge in [-0.05, 0) is 31.0 Å². The zero-order chi connectivity index (χ0) is 8.10. The summed E-state index contributed by atoms with van der Waals surface area (Å²) in [5.74, 6) is 0.923. The highest BCUT2D eigenvalue weighted by atomic mass is 16.5. The molecule has 1 aromatic carbocycles. The van der Waals surface area contributed by atoms with Crippen molar-refractivity contribution in [2.75, 3.05) is 0 Å². The monoisotopic (exact) mass is 149 g/mol. The Balaban J connectivity index is 2.74. The molecule has 1 heteroatoms. The summed E-state index contributed by atoms with van der Waals surface area (Å²) in [6.45, 7) is 5.70. The maximum absolute atomic E-state index is 5.22. The maximum Gasteiger partial charge on any atom is 0.132 e. The molecule has 11 heavy (non-hydrogen) atoms. The highest BCUT2D eigenvalue weighted by Crippen LogP contribution is 2.13. The summed E-state index contributed by atoms with van der Waals surface area (Å²) in [4.78, 5) is 0. The van der Waals surface area contributed by atoms with E-state index in [2.05, 4.69) is 19.1 Å². The Labute approximate surface area is 68.0 Å². The lowest BCUT2D eigenvalue weighted by Crippen LogP contribution is -1.86. The van der Waals surface area contributed by atoms with Gasteiger partial charge in [0.1, 0.15) is 12.4 Å². The molecule has 1 aromatic rings. The minimum Gasteiger partial charge on any atom is -0.487 e. The number of ether oxygens (including phenoxy) is 1. The van der Waals surface area contributed by atoms with E-state index < -0.39 is 0 Å². The van der Waals surface area contributed by atoms with Crippen molar-refractivity contribution in [3.63, 3.8) is 0 Å². The molecule has 0 amide bonds. The van der Waals surface area contributed by atoms with Crippen LogP contribution in [0.15, 0.2) is 24.3 Å². The van der Waals surface area contributed by atoms with Crippen LogP contribution in [0.3, 0.4) is 0 Å². The topological polar surface area (TPSA) is 9.23 Å².